The minimum Gasteiger partial charge on any atom is -0.327 e. The van der Waals surface area contributed by atoms with Gasteiger partial charge in [0.25, 0.3) is 0 Å². The Hall–Kier alpha value is 0.200. The van der Waals surface area contributed by atoms with Gasteiger partial charge in [-0.05, 0) is 25.7 Å². The van der Waals surface area contributed by atoms with Gasteiger partial charge in [0.2, 0.25) is 9.05 Å². The van der Waals surface area contributed by atoms with Crippen LogP contribution < -0.4 is 5.73 Å². The minimum absolute atomic E-state index is 0.206. The van der Waals surface area contributed by atoms with Crippen molar-refractivity contribution >= 4 is 19.7 Å². The van der Waals surface area contributed by atoms with Crippen LogP contribution in [0.25, 0.3) is 0 Å². The Morgan fingerprint density at radius 2 is 2.00 bits per heavy atom. The molecule has 0 radical (unpaired) electrons. The molecular formula is C6H12ClNO2S. The summed E-state index contributed by atoms with van der Waals surface area (Å²) in [5.41, 5.74) is 5.50. The van der Waals surface area contributed by atoms with Crippen LogP contribution in [0.3, 0.4) is 0 Å². The Morgan fingerprint density at radius 1 is 1.55 bits per heavy atom. The second kappa shape index (κ2) is 2.92. The van der Waals surface area contributed by atoms with E-state index < -0.39 is 14.3 Å². The predicted octanol–water partition coefficient (Wildman–Crippen LogP) is 0.681. The van der Waals surface area contributed by atoms with Gasteiger partial charge in [0.15, 0.2) is 0 Å². The Bertz CT molecular complexity index is 231. The lowest BCUT2D eigenvalue weighted by Gasteiger charge is -2.15. The van der Waals surface area contributed by atoms with Gasteiger partial charge >= 0.3 is 0 Å². The maximum atomic E-state index is 10.9. The van der Waals surface area contributed by atoms with Crippen LogP contribution in [0.4, 0.5) is 0 Å². The normalized spacial score (nSPS) is 24.6. The van der Waals surface area contributed by atoms with Gasteiger partial charge in [0, 0.05) is 16.7 Å². The van der Waals surface area contributed by atoms with Crippen molar-refractivity contribution in [3.63, 3.8) is 0 Å². The molecule has 1 fully saturated rings. The fourth-order valence-corrected chi connectivity index (χ4v) is 3.51. The predicted molar refractivity (Wildman–Crippen MR) is 44.9 cm³/mol. The van der Waals surface area contributed by atoms with Gasteiger partial charge in [-0.1, -0.05) is 0 Å². The first kappa shape index (κ1) is 9.29. The van der Waals surface area contributed by atoms with Crippen molar-refractivity contribution in [3.8, 4) is 0 Å². The molecule has 1 aliphatic rings. The maximum absolute atomic E-state index is 10.9. The first-order valence-electron chi connectivity index (χ1n) is 3.62. The molecule has 0 aromatic carbocycles. The summed E-state index contributed by atoms with van der Waals surface area (Å²) in [6, 6.07) is -0.356. The van der Waals surface area contributed by atoms with Gasteiger partial charge < -0.3 is 5.73 Å². The van der Waals surface area contributed by atoms with E-state index in [0.29, 0.717) is 0 Å². The highest BCUT2D eigenvalue weighted by molar-refractivity contribution is 8.14. The Kier molecular flexibility index (Phi) is 2.46. The highest BCUT2D eigenvalue weighted by Crippen LogP contribution is 2.38. The molecule has 66 valence electrons. The molecule has 5 heteroatoms. The molecule has 1 rings (SSSR count). The molecule has 0 heterocycles. The third-order valence-electron chi connectivity index (χ3n) is 1.93. The van der Waals surface area contributed by atoms with Crippen molar-refractivity contribution in [2.45, 2.75) is 31.1 Å². The van der Waals surface area contributed by atoms with Crippen molar-refractivity contribution in [2.24, 2.45) is 11.7 Å². The van der Waals surface area contributed by atoms with E-state index in [9.17, 15) is 8.42 Å². The second-order valence-electron chi connectivity index (χ2n) is 3.14. The summed E-state index contributed by atoms with van der Waals surface area (Å²) in [7, 11) is 1.77. The van der Waals surface area contributed by atoms with E-state index in [2.05, 4.69) is 0 Å². The summed E-state index contributed by atoms with van der Waals surface area (Å²) in [5, 5.41) is -0.538. The molecule has 2 atom stereocenters. The van der Waals surface area contributed by atoms with Gasteiger partial charge in [-0.25, -0.2) is 8.42 Å². The molecule has 2 unspecified atom stereocenters. The van der Waals surface area contributed by atoms with Gasteiger partial charge in [0.1, 0.15) is 0 Å². The van der Waals surface area contributed by atoms with Crippen LogP contribution in [0, 0.1) is 5.92 Å². The average molecular weight is 198 g/mol. The molecule has 0 aromatic rings. The highest BCUT2D eigenvalue weighted by Gasteiger charge is 2.41. The lowest BCUT2D eigenvalue weighted by atomic mass is 10.2. The van der Waals surface area contributed by atoms with Crippen LogP contribution in [0.1, 0.15) is 19.8 Å². The highest BCUT2D eigenvalue weighted by atomic mass is 35.7. The summed E-state index contributed by atoms with van der Waals surface area (Å²) < 4.78 is 21.9. The molecule has 0 amide bonds. The van der Waals surface area contributed by atoms with E-state index in [1.165, 1.54) is 0 Å². The monoisotopic (exact) mass is 197 g/mol. The van der Waals surface area contributed by atoms with E-state index in [0.717, 1.165) is 12.8 Å². The molecule has 3 nitrogen and oxygen atoms in total. The van der Waals surface area contributed by atoms with Crippen LogP contribution >= 0.6 is 10.7 Å². The van der Waals surface area contributed by atoms with Crippen molar-refractivity contribution < 1.29 is 8.42 Å². The molecule has 0 bridgehead atoms. The topological polar surface area (TPSA) is 60.2 Å². The number of nitrogens with two attached hydrogens (primary N) is 1. The van der Waals surface area contributed by atoms with E-state index in [4.69, 9.17) is 16.4 Å². The summed E-state index contributed by atoms with van der Waals surface area (Å²) in [6.45, 7) is 1.68. The Morgan fingerprint density at radius 3 is 2.09 bits per heavy atom. The first-order valence-corrected chi connectivity index (χ1v) is 5.99. The van der Waals surface area contributed by atoms with Crippen molar-refractivity contribution in [2.75, 3.05) is 0 Å². The van der Waals surface area contributed by atoms with Gasteiger partial charge in [-0.3, -0.25) is 0 Å². The Balaban J connectivity index is 2.75. The van der Waals surface area contributed by atoms with Crippen molar-refractivity contribution in [1.82, 2.24) is 0 Å². The third-order valence-corrected chi connectivity index (χ3v) is 4.01. The number of rotatable bonds is 3. The van der Waals surface area contributed by atoms with Gasteiger partial charge in [0.05, 0.1) is 5.25 Å². The molecule has 1 saturated carbocycles. The summed E-state index contributed by atoms with van der Waals surface area (Å²) in [6.07, 6.45) is 1.89. The largest absolute Gasteiger partial charge is 0.327 e. The van der Waals surface area contributed by atoms with Gasteiger partial charge in [-0.2, -0.15) is 0 Å². The number of hydrogen-bond donors (Lipinski definition) is 1. The van der Waals surface area contributed by atoms with Crippen molar-refractivity contribution in [3.05, 3.63) is 0 Å². The van der Waals surface area contributed by atoms with E-state index in [1.807, 2.05) is 0 Å². The maximum Gasteiger partial charge on any atom is 0.237 e. The second-order valence-corrected chi connectivity index (χ2v) is 5.92. The molecule has 0 spiro atoms. The lowest BCUT2D eigenvalue weighted by Crippen LogP contribution is -2.37. The summed E-state index contributed by atoms with van der Waals surface area (Å²) in [5.74, 6) is 0.206. The zero-order valence-electron chi connectivity index (χ0n) is 6.33. The van der Waals surface area contributed by atoms with Crippen LogP contribution in [0.15, 0.2) is 0 Å². The van der Waals surface area contributed by atoms with E-state index >= 15 is 0 Å². The molecule has 0 saturated heterocycles. The molecule has 1 aliphatic carbocycles. The average Bonchev–Trinajstić information content (AvgIpc) is 2.42. The lowest BCUT2D eigenvalue weighted by molar-refractivity contribution is 0.549. The summed E-state index contributed by atoms with van der Waals surface area (Å²) in [4.78, 5) is 0. The third kappa shape index (κ3) is 2.32. The van der Waals surface area contributed by atoms with Crippen molar-refractivity contribution in [1.29, 1.82) is 0 Å². The van der Waals surface area contributed by atoms with Crippen LogP contribution in [-0.2, 0) is 9.05 Å². The van der Waals surface area contributed by atoms with Crippen LogP contribution in [-0.4, -0.2) is 19.7 Å². The fourth-order valence-electron chi connectivity index (χ4n) is 1.34. The van der Waals surface area contributed by atoms with E-state index in [-0.39, 0.29) is 12.0 Å². The fraction of sp³-hybridized carbons (Fsp3) is 1.00. The standard InChI is InChI=1S/C6H12ClNO2S/c1-4(8)6(5-2-3-5)11(7,9)10/h4-6H,2-3,8H2,1H3. The van der Waals surface area contributed by atoms with Crippen LogP contribution in [0.5, 0.6) is 0 Å². The molecule has 2 N–H and O–H groups in total. The zero-order chi connectivity index (χ0) is 8.65. The van der Waals surface area contributed by atoms with Gasteiger partial charge in [-0.15, -0.1) is 0 Å². The minimum atomic E-state index is -3.45. The molecular weight excluding hydrogens is 186 g/mol. The first-order chi connectivity index (χ1) is 4.93. The zero-order valence-corrected chi connectivity index (χ0v) is 7.90. The molecule has 0 aromatic heterocycles. The van der Waals surface area contributed by atoms with E-state index in [1.54, 1.807) is 6.92 Å². The molecule has 0 aliphatic heterocycles. The number of halogens is 1. The van der Waals surface area contributed by atoms with Crippen LogP contribution in [0.2, 0.25) is 0 Å². The number of hydrogen-bond acceptors (Lipinski definition) is 3. The summed E-state index contributed by atoms with van der Waals surface area (Å²) >= 11 is 0. The Labute approximate surface area is 71.3 Å². The SMILES string of the molecule is CC(N)C(C1CC1)S(=O)(=O)Cl. The molecule has 11 heavy (non-hydrogen) atoms. The quantitative estimate of drug-likeness (QED) is 0.677. The smallest absolute Gasteiger partial charge is 0.237 e.